The van der Waals surface area contributed by atoms with E-state index in [1.807, 2.05) is 6.92 Å². The fraction of sp³-hybridized carbons (Fsp3) is 0.611. The molecule has 6 nitrogen and oxygen atoms in total. The third kappa shape index (κ3) is 3.88. The van der Waals surface area contributed by atoms with E-state index in [0.29, 0.717) is 19.1 Å². The second-order valence-corrected chi connectivity index (χ2v) is 8.99. The maximum absolute atomic E-state index is 12.3. The molecule has 1 aromatic carbocycles. The maximum Gasteiger partial charge on any atom is 0.221 e. The van der Waals surface area contributed by atoms with Crippen molar-refractivity contribution in [3.63, 3.8) is 0 Å². The maximum atomic E-state index is 12.3. The molecule has 25 heavy (non-hydrogen) atoms. The van der Waals surface area contributed by atoms with Crippen LogP contribution in [0.4, 0.5) is 0 Å². The average Bonchev–Trinajstić information content (AvgIpc) is 3.01. The van der Waals surface area contributed by atoms with Crippen LogP contribution in [0.3, 0.4) is 0 Å². The fourth-order valence-electron chi connectivity index (χ4n) is 3.78. The molecule has 1 amide bonds. The van der Waals surface area contributed by atoms with E-state index in [0.717, 1.165) is 12.0 Å². The van der Waals surface area contributed by atoms with Crippen molar-refractivity contribution < 1.29 is 22.7 Å². The Morgan fingerprint density at radius 3 is 2.72 bits per heavy atom. The summed E-state index contributed by atoms with van der Waals surface area (Å²) in [6.07, 6.45) is 1.05. The van der Waals surface area contributed by atoms with E-state index in [1.54, 1.807) is 31.4 Å². The topological polar surface area (TPSA) is 81.7 Å². The second kappa shape index (κ2) is 7.43. The molecule has 1 heterocycles. The lowest BCUT2D eigenvalue weighted by molar-refractivity contribution is -0.129. The number of sulfone groups is 1. The Labute approximate surface area is 148 Å². The highest BCUT2D eigenvalue weighted by Crippen LogP contribution is 2.43. The Bertz CT molecular complexity index is 715. The molecule has 1 saturated carbocycles. The van der Waals surface area contributed by atoms with Gasteiger partial charge in [-0.25, -0.2) is 8.42 Å². The molecule has 138 valence electrons. The molecule has 0 bridgehead atoms. The summed E-state index contributed by atoms with van der Waals surface area (Å²) in [7, 11) is -1.81. The van der Waals surface area contributed by atoms with Gasteiger partial charge in [0.15, 0.2) is 9.84 Å². The molecule has 1 aromatic rings. The minimum atomic E-state index is -3.45. The first-order valence-corrected chi connectivity index (χ1v) is 10.3. The largest absolute Gasteiger partial charge is 0.384 e. The van der Waals surface area contributed by atoms with Gasteiger partial charge < -0.3 is 14.8 Å². The number of hydrogen-bond acceptors (Lipinski definition) is 5. The first kappa shape index (κ1) is 18.4. The van der Waals surface area contributed by atoms with Gasteiger partial charge in [-0.2, -0.15) is 0 Å². The molecule has 0 radical (unpaired) electrons. The van der Waals surface area contributed by atoms with Crippen LogP contribution in [0.25, 0.3) is 0 Å². The smallest absolute Gasteiger partial charge is 0.221 e. The number of hydrogen-bond donors (Lipinski definition) is 1. The first-order valence-electron chi connectivity index (χ1n) is 8.61. The van der Waals surface area contributed by atoms with E-state index >= 15 is 0 Å². The van der Waals surface area contributed by atoms with Crippen molar-refractivity contribution in [1.82, 2.24) is 5.32 Å². The lowest BCUT2D eigenvalue weighted by Crippen LogP contribution is -2.62. The lowest BCUT2D eigenvalue weighted by Gasteiger charge is -2.47. The van der Waals surface area contributed by atoms with Crippen molar-refractivity contribution in [3.05, 3.63) is 29.8 Å². The summed E-state index contributed by atoms with van der Waals surface area (Å²) in [6.45, 7) is 3.15. The summed E-state index contributed by atoms with van der Waals surface area (Å²) in [4.78, 5) is 12.5. The SMILES string of the molecule is COC[C@H]1[C@@H](NC(=O)CCS(=O)(=O)c2ccc(C)cc2)[C@@H]2CCO[C@@H]21. The van der Waals surface area contributed by atoms with Gasteiger partial charge >= 0.3 is 0 Å². The molecule has 4 atom stereocenters. The average molecular weight is 367 g/mol. The monoisotopic (exact) mass is 367 g/mol. The molecular weight excluding hydrogens is 342 g/mol. The van der Waals surface area contributed by atoms with Crippen LogP contribution in [-0.2, 0) is 24.1 Å². The van der Waals surface area contributed by atoms with Crippen LogP contribution in [0, 0.1) is 18.8 Å². The Morgan fingerprint density at radius 1 is 1.32 bits per heavy atom. The van der Waals surface area contributed by atoms with Gasteiger partial charge in [0.25, 0.3) is 0 Å². The van der Waals surface area contributed by atoms with Crippen molar-refractivity contribution in [1.29, 1.82) is 0 Å². The number of carbonyl (C=O) groups is 1. The molecular formula is C18H25NO5S. The van der Waals surface area contributed by atoms with Crippen LogP contribution in [0.1, 0.15) is 18.4 Å². The van der Waals surface area contributed by atoms with Gasteiger partial charge in [0.1, 0.15) is 0 Å². The number of carbonyl (C=O) groups excluding carboxylic acids is 1. The molecule has 3 rings (SSSR count). The van der Waals surface area contributed by atoms with Crippen molar-refractivity contribution in [2.75, 3.05) is 26.1 Å². The van der Waals surface area contributed by atoms with Gasteiger partial charge in [0, 0.05) is 38.0 Å². The minimum absolute atomic E-state index is 0.0158. The van der Waals surface area contributed by atoms with Crippen LogP contribution in [-0.4, -0.2) is 52.5 Å². The number of rotatable bonds is 7. The molecule has 0 aromatic heterocycles. The quantitative estimate of drug-likeness (QED) is 0.786. The Morgan fingerprint density at radius 2 is 2.04 bits per heavy atom. The zero-order chi connectivity index (χ0) is 18.0. The molecule has 1 aliphatic carbocycles. The summed E-state index contributed by atoms with van der Waals surface area (Å²) in [6, 6.07) is 6.71. The van der Waals surface area contributed by atoms with Crippen LogP contribution in [0.5, 0.6) is 0 Å². The number of methoxy groups -OCH3 is 1. The van der Waals surface area contributed by atoms with Crippen molar-refractivity contribution in [2.24, 2.45) is 11.8 Å². The van der Waals surface area contributed by atoms with Gasteiger partial charge in [-0.3, -0.25) is 4.79 Å². The minimum Gasteiger partial charge on any atom is -0.384 e. The van der Waals surface area contributed by atoms with Crippen LogP contribution in [0.15, 0.2) is 29.2 Å². The summed E-state index contributed by atoms with van der Waals surface area (Å²) < 4.78 is 35.6. The molecule has 2 fully saturated rings. The zero-order valence-corrected chi connectivity index (χ0v) is 15.4. The third-order valence-corrected chi connectivity index (χ3v) is 6.92. The van der Waals surface area contributed by atoms with E-state index in [-0.39, 0.29) is 41.0 Å². The number of amides is 1. The molecule has 2 aliphatic rings. The fourth-order valence-corrected chi connectivity index (χ4v) is 5.02. The van der Waals surface area contributed by atoms with Gasteiger partial charge in [0.2, 0.25) is 5.91 Å². The molecule has 0 spiro atoms. The van der Waals surface area contributed by atoms with Gasteiger partial charge in [-0.1, -0.05) is 17.7 Å². The Hall–Kier alpha value is -1.44. The van der Waals surface area contributed by atoms with Crippen LogP contribution < -0.4 is 5.32 Å². The number of ether oxygens (including phenoxy) is 2. The van der Waals surface area contributed by atoms with E-state index in [9.17, 15) is 13.2 Å². The number of benzene rings is 1. The molecule has 1 saturated heterocycles. The molecule has 7 heteroatoms. The predicted molar refractivity (Wildman–Crippen MR) is 93.0 cm³/mol. The van der Waals surface area contributed by atoms with E-state index in [4.69, 9.17) is 9.47 Å². The molecule has 1 N–H and O–H groups in total. The van der Waals surface area contributed by atoms with Crippen molar-refractivity contribution in [3.8, 4) is 0 Å². The van der Waals surface area contributed by atoms with E-state index in [1.165, 1.54) is 0 Å². The van der Waals surface area contributed by atoms with E-state index in [2.05, 4.69) is 5.32 Å². The van der Waals surface area contributed by atoms with Crippen molar-refractivity contribution >= 4 is 15.7 Å². The summed E-state index contributed by atoms with van der Waals surface area (Å²) in [5.74, 6) is 0.0498. The first-order chi connectivity index (χ1) is 11.9. The normalized spacial score (nSPS) is 28.2. The second-order valence-electron chi connectivity index (χ2n) is 6.88. The zero-order valence-electron chi connectivity index (χ0n) is 14.6. The third-order valence-electron chi connectivity index (χ3n) is 5.19. The van der Waals surface area contributed by atoms with Gasteiger partial charge in [-0.05, 0) is 25.5 Å². The standard InChI is InChI=1S/C18H25NO5S/c1-12-3-5-13(6-4-12)25(21,22)10-8-16(20)19-17-14-7-9-24-18(14)15(17)11-23-2/h3-6,14-15,17-18H,7-11H2,1-2H3,(H,19,20)/t14-,15-,17-,18-/m0/s1. The van der Waals surface area contributed by atoms with Crippen LogP contribution in [0.2, 0.25) is 0 Å². The summed E-state index contributed by atoms with van der Waals surface area (Å²) >= 11 is 0. The van der Waals surface area contributed by atoms with E-state index < -0.39 is 9.84 Å². The van der Waals surface area contributed by atoms with Crippen LogP contribution >= 0.6 is 0 Å². The Balaban J connectivity index is 1.55. The summed E-state index contributed by atoms with van der Waals surface area (Å²) in [5, 5.41) is 2.99. The number of aryl methyl sites for hydroxylation is 1. The number of nitrogens with one attached hydrogen (secondary N) is 1. The summed E-state index contributed by atoms with van der Waals surface area (Å²) in [5.41, 5.74) is 0.999. The highest BCUT2D eigenvalue weighted by molar-refractivity contribution is 7.91. The molecule has 1 aliphatic heterocycles. The van der Waals surface area contributed by atoms with Crippen molar-refractivity contribution in [2.45, 2.75) is 36.8 Å². The van der Waals surface area contributed by atoms with Gasteiger partial charge in [0.05, 0.1) is 23.4 Å². The highest BCUT2D eigenvalue weighted by atomic mass is 32.2. The van der Waals surface area contributed by atoms with Gasteiger partial charge in [-0.15, -0.1) is 0 Å². The molecule has 0 unspecified atom stereocenters. The predicted octanol–water partition coefficient (Wildman–Crippen LogP) is 1.32. The number of fused-ring (bicyclic) bond motifs is 1. The highest BCUT2D eigenvalue weighted by Gasteiger charge is 2.54. The lowest BCUT2D eigenvalue weighted by atomic mass is 9.67. The Kier molecular flexibility index (Phi) is 5.46.